The topological polar surface area (TPSA) is 21.3 Å². The van der Waals surface area contributed by atoms with Crippen molar-refractivity contribution in [2.75, 3.05) is 20.2 Å². The van der Waals surface area contributed by atoms with E-state index in [1.165, 1.54) is 18.2 Å². The molecule has 0 aliphatic rings. The smallest absolute Gasteiger partial charge is 0.419 e. The van der Waals surface area contributed by atoms with E-state index in [1.807, 2.05) is 7.05 Å². The standard InChI is InChI=1S/C12H16F3NO/c1-16-8-4-5-9-17-11-7-3-2-6-10(11)12(13,14)15/h2-3,6-7,16H,4-5,8-9H2,1H3. The third-order valence-electron chi connectivity index (χ3n) is 2.27. The molecule has 1 N–H and O–H groups in total. The number of para-hydroxylation sites is 1. The Kier molecular flexibility index (Phi) is 5.28. The van der Waals surface area contributed by atoms with Gasteiger partial charge in [0.2, 0.25) is 0 Å². The summed E-state index contributed by atoms with van der Waals surface area (Å²) in [6.45, 7) is 1.14. The summed E-state index contributed by atoms with van der Waals surface area (Å²) in [5, 5.41) is 2.97. The number of ether oxygens (including phenoxy) is 1. The minimum atomic E-state index is -4.36. The van der Waals surface area contributed by atoms with Gasteiger partial charge in [0.15, 0.2) is 0 Å². The minimum Gasteiger partial charge on any atom is -0.493 e. The summed E-state index contributed by atoms with van der Waals surface area (Å²) >= 11 is 0. The van der Waals surface area contributed by atoms with Gasteiger partial charge in [-0.1, -0.05) is 12.1 Å². The predicted octanol–water partition coefficient (Wildman–Crippen LogP) is 3.08. The van der Waals surface area contributed by atoms with E-state index in [1.54, 1.807) is 0 Å². The molecule has 1 rings (SSSR count). The number of benzene rings is 1. The molecule has 0 heterocycles. The summed E-state index contributed by atoms with van der Waals surface area (Å²) in [7, 11) is 1.83. The number of halogens is 3. The molecule has 0 radical (unpaired) electrons. The van der Waals surface area contributed by atoms with Crippen LogP contribution in [-0.2, 0) is 6.18 Å². The monoisotopic (exact) mass is 247 g/mol. The summed E-state index contributed by atoms with van der Waals surface area (Å²) in [6.07, 6.45) is -2.75. The molecule has 0 spiro atoms. The lowest BCUT2D eigenvalue weighted by atomic mass is 10.2. The molecule has 0 aliphatic heterocycles. The first kappa shape index (κ1) is 13.8. The van der Waals surface area contributed by atoms with Crippen molar-refractivity contribution in [3.05, 3.63) is 29.8 Å². The van der Waals surface area contributed by atoms with Gasteiger partial charge >= 0.3 is 6.18 Å². The second-order valence-corrected chi connectivity index (χ2v) is 3.65. The van der Waals surface area contributed by atoms with E-state index in [4.69, 9.17) is 4.74 Å². The van der Waals surface area contributed by atoms with Crippen molar-refractivity contribution in [3.63, 3.8) is 0 Å². The van der Waals surface area contributed by atoms with Gasteiger partial charge < -0.3 is 10.1 Å². The zero-order valence-corrected chi connectivity index (χ0v) is 9.68. The number of unbranched alkanes of at least 4 members (excludes halogenated alkanes) is 1. The number of nitrogens with one attached hydrogen (secondary N) is 1. The number of hydrogen-bond donors (Lipinski definition) is 1. The van der Waals surface area contributed by atoms with Gasteiger partial charge in [-0.2, -0.15) is 13.2 Å². The van der Waals surface area contributed by atoms with Crippen molar-refractivity contribution in [1.29, 1.82) is 0 Å². The van der Waals surface area contributed by atoms with Crippen LogP contribution in [0.1, 0.15) is 18.4 Å². The Balaban J connectivity index is 2.53. The van der Waals surface area contributed by atoms with Crippen LogP contribution in [-0.4, -0.2) is 20.2 Å². The third kappa shape index (κ3) is 4.65. The van der Waals surface area contributed by atoms with Crippen molar-refractivity contribution in [1.82, 2.24) is 5.32 Å². The van der Waals surface area contributed by atoms with Crippen molar-refractivity contribution < 1.29 is 17.9 Å². The van der Waals surface area contributed by atoms with Gasteiger partial charge in [-0.25, -0.2) is 0 Å². The quantitative estimate of drug-likeness (QED) is 0.780. The maximum atomic E-state index is 12.6. The highest BCUT2D eigenvalue weighted by Crippen LogP contribution is 2.35. The van der Waals surface area contributed by atoms with Crippen LogP contribution >= 0.6 is 0 Å². The van der Waals surface area contributed by atoms with E-state index in [0.717, 1.165) is 25.5 Å². The van der Waals surface area contributed by atoms with E-state index in [0.29, 0.717) is 6.61 Å². The molecule has 0 saturated carbocycles. The molecule has 0 aromatic heterocycles. The van der Waals surface area contributed by atoms with Gasteiger partial charge in [0.25, 0.3) is 0 Å². The first-order valence-electron chi connectivity index (χ1n) is 5.49. The highest BCUT2D eigenvalue weighted by Gasteiger charge is 2.33. The first-order chi connectivity index (χ1) is 8.05. The van der Waals surface area contributed by atoms with Crippen LogP contribution in [0, 0.1) is 0 Å². The van der Waals surface area contributed by atoms with Crippen LogP contribution in [0.25, 0.3) is 0 Å². The van der Waals surface area contributed by atoms with Crippen LogP contribution in [0.3, 0.4) is 0 Å². The average molecular weight is 247 g/mol. The Morgan fingerprint density at radius 1 is 1.18 bits per heavy atom. The Labute approximate surface area is 98.8 Å². The van der Waals surface area contributed by atoms with Crippen LogP contribution < -0.4 is 10.1 Å². The van der Waals surface area contributed by atoms with Crippen molar-refractivity contribution in [2.24, 2.45) is 0 Å². The summed E-state index contributed by atoms with van der Waals surface area (Å²) < 4.78 is 42.9. The summed E-state index contributed by atoms with van der Waals surface area (Å²) in [5.74, 6) is -0.0931. The largest absolute Gasteiger partial charge is 0.493 e. The number of rotatable bonds is 6. The van der Waals surface area contributed by atoms with E-state index >= 15 is 0 Å². The fourth-order valence-electron chi connectivity index (χ4n) is 1.41. The molecule has 1 aromatic carbocycles. The second-order valence-electron chi connectivity index (χ2n) is 3.65. The summed E-state index contributed by atoms with van der Waals surface area (Å²) in [4.78, 5) is 0. The molecule has 0 amide bonds. The van der Waals surface area contributed by atoms with Crippen molar-refractivity contribution in [2.45, 2.75) is 19.0 Å². The van der Waals surface area contributed by atoms with Crippen molar-refractivity contribution in [3.8, 4) is 5.75 Å². The molecule has 1 aromatic rings. The molecule has 0 bridgehead atoms. The number of hydrogen-bond acceptors (Lipinski definition) is 2. The van der Waals surface area contributed by atoms with Gasteiger partial charge in [-0.05, 0) is 38.6 Å². The summed E-state index contributed by atoms with van der Waals surface area (Å²) in [5.41, 5.74) is -0.714. The van der Waals surface area contributed by atoms with Crippen LogP contribution in [0.15, 0.2) is 24.3 Å². The summed E-state index contributed by atoms with van der Waals surface area (Å²) in [6, 6.07) is 5.28. The zero-order chi connectivity index (χ0) is 12.7. The normalized spacial score (nSPS) is 11.5. The molecule has 17 heavy (non-hydrogen) atoms. The molecular formula is C12H16F3NO. The van der Waals surface area contributed by atoms with Gasteiger partial charge in [0.05, 0.1) is 12.2 Å². The Bertz CT molecular complexity index is 339. The van der Waals surface area contributed by atoms with E-state index in [9.17, 15) is 13.2 Å². The average Bonchev–Trinajstić information content (AvgIpc) is 2.28. The Hall–Kier alpha value is -1.23. The molecule has 96 valence electrons. The molecule has 0 fully saturated rings. The SMILES string of the molecule is CNCCCCOc1ccccc1C(F)(F)F. The maximum absolute atomic E-state index is 12.6. The molecule has 5 heteroatoms. The maximum Gasteiger partial charge on any atom is 0.419 e. The minimum absolute atomic E-state index is 0.0931. The Morgan fingerprint density at radius 3 is 2.53 bits per heavy atom. The fourth-order valence-corrected chi connectivity index (χ4v) is 1.41. The molecule has 0 saturated heterocycles. The lowest BCUT2D eigenvalue weighted by Gasteiger charge is -2.13. The van der Waals surface area contributed by atoms with E-state index < -0.39 is 11.7 Å². The third-order valence-corrected chi connectivity index (χ3v) is 2.27. The highest BCUT2D eigenvalue weighted by molar-refractivity contribution is 5.35. The highest BCUT2D eigenvalue weighted by atomic mass is 19.4. The molecule has 2 nitrogen and oxygen atoms in total. The van der Waals surface area contributed by atoms with E-state index in [2.05, 4.69) is 5.32 Å². The molecule has 0 aliphatic carbocycles. The lowest BCUT2D eigenvalue weighted by molar-refractivity contribution is -0.138. The van der Waals surface area contributed by atoms with Crippen molar-refractivity contribution >= 4 is 0 Å². The van der Waals surface area contributed by atoms with Crippen LogP contribution in [0.5, 0.6) is 5.75 Å². The second kappa shape index (κ2) is 6.49. The fraction of sp³-hybridized carbons (Fsp3) is 0.500. The molecule has 0 unspecified atom stereocenters. The number of alkyl halides is 3. The lowest BCUT2D eigenvalue weighted by Crippen LogP contribution is -2.11. The van der Waals surface area contributed by atoms with Gasteiger partial charge in [0, 0.05) is 0 Å². The van der Waals surface area contributed by atoms with Gasteiger partial charge in [0.1, 0.15) is 5.75 Å². The molecule has 0 atom stereocenters. The first-order valence-corrected chi connectivity index (χ1v) is 5.49. The molecular weight excluding hydrogens is 231 g/mol. The van der Waals surface area contributed by atoms with Crippen LogP contribution in [0.4, 0.5) is 13.2 Å². The van der Waals surface area contributed by atoms with Gasteiger partial charge in [-0.3, -0.25) is 0 Å². The predicted molar refractivity (Wildman–Crippen MR) is 60.1 cm³/mol. The zero-order valence-electron chi connectivity index (χ0n) is 9.68. The van der Waals surface area contributed by atoms with Gasteiger partial charge in [-0.15, -0.1) is 0 Å². The van der Waals surface area contributed by atoms with E-state index in [-0.39, 0.29) is 5.75 Å². The van der Waals surface area contributed by atoms with Crippen LogP contribution in [0.2, 0.25) is 0 Å². The Morgan fingerprint density at radius 2 is 1.88 bits per heavy atom.